The molecule has 0 saturated heterocycles. The van der Waals surface area contributed by atoms with Crippen LogP contribution in [0.3, 0.4) is 0 Å². The van der Waals surface area contributed by atoms with Gasteiger partial charge in [-0.05, 0) is 66.1 Å². The van der Waals surface area contributed by atoms with Crippen molar-refractivity contribution < 1.29 is 14.3 Å². The molecule has 3 aromatic carbocycles. The van der Waals surface area contributed by atoms with E-state index in [2.05, 4.69) is 20.6 Å². The molecule has 5 aromatic rings. The first-order valence-corrected chi connectivity index (χ1v) is 12.0. The number of methoxy groups -OCH3 is 1. The van der Waals surface area contributed by atoms with Gasteiger partial charge in [-0.25, -0.2) is 0 Å². The number of aromatic nitrogens is 2. The fourth-order valence-electron chi connectivity index (χ4n) is 4.29. The molecule has 0 aliphatic carbocycles. The van der Waals surface area contributed by atoms with Gasteiger partial charge in [0.25, 0.3) is 5.91 Å². The number of hydrogen-bond acceptors (Lipinski definition) is 3. The number of nitrogens with one attached hydrogen (secondary N) is 4. The number of hydrogen-bond donors (Lipinski definition) is 4. The number of carbonyl (C=O) groups is 2. The van der Waals surface area contributed by atoms with E-state index in [1.165, 1.54) is 0 Å². The molecule has 0 aliphatic rings. The second-order valence-corrected chi connectivity index (χ2v) is 8.91. The molecule has 0 unspecified atom stereocenters. The number of fused-ring (bicyclic) bond motifs is 2. The second-order valence-electron chi connectivity index (χ2n) is 8.48. The summed E-state index contributed by atoms with van der Waals surface area (Å²) >= 11 is 6.10. The molecular formula is C28H25ClN4O3. The van der Waals surface area contributed by atoms with Gasteiger partial charge >= 0.3 is 0 Å². The van der Waals surface area contributed by atoms with Gasteiger partial charge in [-0.1, -0.05) is 23.7 Å². The Bertz CT molecular complexity index is 1550. The molecule has 36 heavy (non-hydrogen) atoms. The molecule has 182 valence electrons. The number of halogens is 1. The first-order valence-electron chi connectivity index (χ1n) is 11.6. The van der Waals surface area contributed by atoms with Gasteiger partial charge in [-0.2, -0.15) is 0 Å². The Balaban J connectivity index is 1.18. The van der Waals surface area contributed by atoms with Gasteiger partial charge in [0.2, 0.25) is 5.91 Å². The molecule has 5 rings (SSSR count). The maximum Gasteiger partial charge on any atom is 0.251 e. The summed E-state index contributed by atoms with van der Waals surface area (Å²) < 4.78 is 5.24. The van der Waals surface area contributed by atoms with E-state index in [1.54, 1.807) is 13.2 Å². The van der Waals surface area contributed by atoms with E-state index in [0.29, 0.717) is 23.6 Å². The van der Waals surface area contributed by atoms with Crippen molar-refractivity contribution in [2.24, 2.45) is 0 Å². The Kier molecular flexibility index (Phi) is 6.64. The van der Waals surface area contributed by atoms with Crippen molar-refractivity contribution in [3.05, 3.63) is 89.2 Å². The highest BCUT2D eigenvalue weighted by atomic mass is 35.5. The van der Waals surface area contributed by atoms with E-state index >= 15 is 0 Å². The molecule has 8 heteroatoms. The average molecular weight is 501 g/mol. The normalized spacial score (nSPS) is 11.1. The van der Waals surface area contributed by atoms with Crippen LogP contribution in [0.25, 0.3) is 32.9 Å². The van der Waals surface area contributed by atoms with Crippen molar-refractivity contribution in [2.75, 3.05) is 20.2 Å². The van der Waals surface area contributed by atoms with Crippen molar-refractivity contribution in [3.63, 3.8) is 0 Å². The summed E-state index contributed by atoms with van der Waals surface area (Å²) in [6.45, 7) is 0.351. The molecule has 2 heterocycles. The van der Waals surface area contributed by atoms with Crippen LogP contribution in [-0.2, 0) is 11.2 Å². The lowest BCUT2D eigenvalue weighted by atomic mass is 10.0. The van der Waals surface area contributed by atoms with Gasteiger partial charge in [-0.3, -0.25) is 9.59 Å². The van der Waals surface area contributed by atoms with Gasteiger partial charge in [-0.15, -0.1) is 0 Å². The molecule has 0 atom stereocenters. The molecular weight excluding hydrogens is 476 g/mol. The van der Waals surface area contributed by atoms with E-state index in [-0.39, 0.29) is 18.4 Å². The van der Waals surface area contributed by atoms with Crippen molar-refractivity contribution in [3.8, 4) is 16.9 Å². The number of amides is 2. The zero-order valence-electron chi connectivity index (χ0n) is 19.7. The Labute approximate surface area is 212 Å². The number of benzene rings is 3. The predicted molar refractivity (Wildman–Crippen MR) is 143 cm³/mol. The number of aromatic amines is 2. The highest BCUT2D eigenvalue weighted by Gasteiger charge is 2.13. The highest BCUT2D eigenvalue weighted by molar-refractivity contribution is 6.31. The Hall–Kier alpha value is -4.23. The Morgan fingerprint density at radius 2 is 1.64 bits per heavy atom. The lowest BCUT2D eigenvalue weighted by Crippen LogP contribution is -2.37. The maximum atomic E-state index is 12.8. The maximum absolute atomic E-state index is 12.8. The molecule has 7 nitrogen and oxygen atoms in total. The van der Waals surface area contributed by atoms with E-state index in [1.807, 2.05) is 67.0 Å². The lowest BCUT2D eigenvalue weighted by molar-refractivity contribution is -0.120. The van der Waals surface area contributed by atoms with Crippen LogP contribution in [-0.4, -0.2) is 42.0 Å². The molecule has 0 fully saturated rings. The molecule has 0 bridgehead atoms. The minimum atomic E-state index is -0.305. The Morgan fingerprint density at radius 3 is 2.44 bits per heavy atom. The third kappa shape index (κ3) is 4.92. The molecule has 0 aliphatic heterocycles. The number of ether oxygens (including phenoxy) is 1. The largest absolute Gasteiger partial charge is 0.497 e. The topological polar surface area (TPSA) is 99.0 Å². The molecule has 2 amide bonds. The Morgan fingerprint density at radius 1 is 0.889 bits per heavy atom. The summed E-state index contributed by atoms with van der Waals surface area (Å²) in [7, 11) is 1.63. The highest BCUT2D eigenvalue weighted by Crippen LogP contribution is 2.30. The van der Waals surface area contributed by atoms with Crippen LogP contribution in [0.5, 0.6) is 5.75 Å². The second kappa shape index (κ2) is 10.2. The van der Waals surface area contributed by atoms with Crippen molar-refractivity contribution >= 4 is 45.2 Å². The fourth-order valence-corrected chi connectivity index (χ4v) is 4.46. The third-order valence-electron chi connectivity index (χ3n) is 6.20. The van der Waals surface area contributed by atoms with Gasteiger partial charge in [0.1, 0.15) is 5.75 Å². The van der Waals surface area contributed by atoms with E-state index in [0.717, 1.165) is 44.2 Å². The van der Waals surface area contributed by atoms with Crippen LogP contribution in [0, 0.1) is 0 Å². The van der Waals surface area contributed by atoms with Crippen molar-refractivity contribution in [1.29, 1.82) is 0 Å². The third-order valence-corrected chi connectivity index (χ3v) is 6.44. The number of rotatable bonds is 8. The summed E-state index contributed by atoms with van der Waals surface area (Å²) in [6.07, 6.45) is 4.49. The average Bonchev–Trinajstić information content (AvgIpc) is 3.51. The van der Waals surface area contributed by atoms with Crippen LogP contribution in [0.4, 0.5) is 0 Å². The smallest absolute Gasteiger partial charge is 0.251 e. The zero-order chi connectivity index (χ0) is 25.1. The SMILES string of the molecule is COc1ccc(-c2c[nH]c3ccc(C(=O)NCC(=O)NCCc4c[nH]c5ccc(Cl)cc45)cc23)cc1. The summed E-state index contributed by atoms with van der Waals surface area (Å²) in [4.78, 5) is 31.5. The molecule has 4 N–H and O–H groups in total. The minimum Gasteiger partial charge on any atom is -0.497 e. The van der Waals surface area contributed by atoms with Crippen LogP contribution in [0.15, 0.2) is 73.1 Å². The number of H-pyrrole nitrogens is 2. The first kappa shape index (κ1) is 23.5. The van der Waals surface area contributed by atoms with Crippen molar-refractivity contribution in [2.45, 2.75) is 6.42 Å². The zero-order valence-corrected chi connectivity index (χ0v) is 20.4. The molecule has 0 saturated carbocycles. The van der Waals surface area contributed by atoms with Gasteiger partial charge < -0.3 is 25.3 Å². The van der Waals surface area contributed by atoms with E-state index in [9.17, 15) is 9.59 Å². The van der Waals surface area contributed by atoms with Crippen LogP contribution in [0.2, 0.25) is 5.02 Å². The lowest BCUT2D eigenvalue weighted by Gasteiger charge is -2.08. The fraction of sp³-hybridized carbons (Fsp3) is 0.143. The predicted octanol–water partition coefficient (Wildman–Crippen LogP) is 5.07. The van der Waals surface area contributed by atoms with Gasteiger partial charge in [0.05, 0.1) is 13.7 Å². The number of carbonyl (C=O) groups excluding carboxylic acids is 2. The first-order chi connectivity index (χ1) is 17.5. The van der Waals surface area contributed by atoms with Crippen LogP contribution >= 0.6 is 11.6 Å². The molecule has 0 spiro atoms. The molecule has 0 radical (unpaired) electrons. The standard InChI is InChI=1S/C28H25ClN4O3/c1-36-21-6-2-17(3-7-21)24-15-32-26-8-4-18(12-23(24)26)28(35)33-16-27(34)30-11-10-19-14-31-25-9-5-20(29)13-22(19)25/h2-9,12-15,31-32H,10-11,16H2,1H3,(H,30,34)(H,33,35). The summed E-state index contributed by atoms with van der Waals surface area (Å²) in [5, 5.41) is 8.20. The summed E-state index contributed by atoms with van der Waals surface area (Å²) in [5.74, 6) is 0.228. The quantitative estimate of drug-likeness (QED) is 0.239. The van der Waals surface area contributed by atoms with Crippen LogP contribution < -0.4 is 15.4 Å². The monoisotopic (exact) mass is 500 g/mol. The summed E-state index contributed by atoms with van der Waals surface area (Å²) in [6, 6.07) is 18.9. The minimum absolute atomic E-state index is 0.102. The van der Waals surface area contributed by atoms with E-state index < -0.39 is 0 Å². The summed E-state index contributed by atoms with van der Waals surface area (Å²) in [5.41, 5.74) is 5.48. The van der Waals surface area contributed by atoms with Crippen molar-refractivity contribution in [1.82, 2.24) is 20.6 Å². The van der Waals surface area contributed by atoms with Gasteiger partial charge in [0.15, 0.2) is 0 Å². The molecule has 2 aromatic heterocycles. The van der Waals surface area contributed by atoms with E-state index in [4.69, 9.17) is 16.3 Å². The van der Waals surface area contributed by atoms with Gasteiger partial charge in [0, 0.05) is 56.9 Å². The van der Waals surface area contributed by atoms with Crippen LogP contribution in [0.1, 0.15) is 15.9 Å².